The predicted octanol–water partition coefficient (Wildman–Crippen LogP) is 3.49. The smallest absolute Gasteiger partial charge is 0.428 e. The molecule has 0 aromatic heterocycles. The van der Waals surface area contributed by atoms with Gasteiger partial charge in [-0.25, -0.2) is 4.79 Å². The molecule has 0 spiro atoms. The molecule has 0 atom stereocenters. The number of nitrogens with one attached hydrogen (secondary N) is 1. The largest absolute Gasteiger partial charge is 0.464 e. The molecule has 4 heteroatoms. The summed E-state index contributed by atoms with van der Waals surface area (Å²) in [6.45, 7) is 0.357. The SMILES string of the molecule is O=C(O)NOCCCc1ccccc1-c1ccccc1. The van der Waals surface area contributed by atoms with Gasteiger partial charge < -0.3 is 5.11 Å². The van der Waals surface area contributed by atoms with E-state index in [0.29, 0.717) is 6.61 Å². The van der Waals surface area contributed by atoms with Gasteiger partial charge in [0.15, 0.2) is 0 Å². The molecular weight excluding hydrogens is 254 g/mol. The Balaban J connectivity index is 1.97. The molecule has 0 aliphatic rings. The van der Waals surface area contributed by atoms with Gasteiger partial charge >= 0.3 is 6.09 Å². The van der Waals surface area contributed by atoms with E-state index in [4.69, 9.17) is 9.94 Å². The van der Waals surface area contributed by atoms with Crippen molar-refractivity contribution in [2.45, 2.75) is 12.8 Å². The molecule has 2 rings (SSSR count). The summed E-state index contributed by atoms with van der Waals surface area (Å²) in [5.74, 6) is 0. The van der Waals surface area contributed by atoms with Crippen LogP contribution in [-0.2, 0) is 11.3 Å². The van der Waals surface area contributed by atoms with E-state index in [-0.39, 0.29) is 0 Å². The van der Waals surface area contributed by atoms with E-state index in [1.807, 2.05) is 35.8 Å². The number of carboxylic acid groups (broad SMARTS) is 1. The monoisotopic (exact) mass is 271 g/mol. The zero-order chi connectivity index (χ0) is 14.2. The molecule has 2 aromatic rings. The first-order valence-electron chi connectivity index (χ1n) is 6.51. The molecule has 0 fully saturated rings. The molecule has 0 aliphatic heterocycles. The topological polar surface area (TPSA) is 58.6 Å². The van der Waals surface area contributed by atoms with Gasteiger partial charge in [-0.1, -0.05) is 54.6 Å². The number of hydrogen-bond donors (Lipinski definition) is 2. The van der Waals surface area contributed by atoms with E-state index in [2.05, 4.69) is 24.3 Å². The van der Waals surface area contributed by atoms with Gasteiger partial charge in [0.05, 0.1) is 6.61 Å². The first-order chi connectivity index (χ1) is 9.77. The third-order valence-corrected chi connectivity index (χ3v) is 2.95. The quantitative estimate of drug-likeness (QED) is 0.624. The normalized spacial score (nSPS) is 10.2. The summed E-state index contributed by atoms with van der Waals surface area (Å²) >= 11 is 0. The van der Waals surface area contributed by atoms with Crippen LogP contribution in [0.3, 0.4) is 0 Å². The molecule has 0 radical (unpaired) electrons. The lowest BCUT2D eigenvalue weighted by molar-refractivity contribution is 0.0411. The standard InChI is InChI=1S/C16H17NO3/c18-16(19)17-20-12-6-10-14-9-4-5-11-15(14)13-7-2-1-3-8-13/h1-5,7-9,11,17H,6,10,12H2,(H,18,19). The molecule has 0 heterocycles. The molecule has 0 bridgehead atoms. The van der Waals surface area contributed by atoms with Crippen LogP contribution in [0.5, 0.6) is 0 Å². The maximum absolute atomic E-state index is 10.2. The van der Waals surface area contributed by atoms with E-state index in [1.165, 1.54) is 16.7 Å². The maximum atomic E-state index is 10.2. The van der Waals surface area contributed by atoms with Crippen molar-refractivity contribution < 1.29 is 14.7 Å². The van der Waals surface area contributed by atoms with Crippen molar-refractivity contribution in [3.05, 3.63) is 60.2 Å². The predicted molar refractivity (Wildman–Crippen MR) is 77.3 cm³/mol. The molecule has 1 amide bonds. The van der Waals surface area contributed by atoms with Crippen LogP contribution in [0.4, 0.5) is 4.79 Å². The van der Waals surface area contributed by atoms with E-state index >= 15 is 0 Å². The molecule has 0 unspecified atom stereocenters. The van der Waals surface area contributed by atoms with Crippen molar-refractivity contribution >= 4 is 6.09 Å². The van der Waals surface area contributed by atoms with Gasteiger partial charge in [-0.3, -0.25) is 4.84 Å². The van der Waals surface area contributed by atoms with Crippen molar-refractivity contribution in [1.82, 2.24) is 5.48 Å². The summed E-state index contributed by atoms with van der Waals surface area (Å²) in [5.41, 5.74) is 5.52. The molecule has 2 N–H and O–H groups in total. The Morgan fingerprint density at radius 2 is 1.75 bits per heavy atom. The summed E-state index contributed by atoms with van der Waals surface area (Å²) < 4.78 is 0. The number of aryl methyl sites for hydroxylation is 1. The van der Waals surface area contributed by atoms with E-state index in [1.54, 1.807) is 0 Å². The second kappa shape index (κ2) is 7.31. The van der Waals surface area contributed by atoms with Crippen LogP contribution in [0.25, 0.3) is 11.1 Å². The van der Waals surface area contributed by atoms with Crippen LogP contribution in [0, 0.1) is 0 Å². The van der Waals surface area contributed by atoms with Gasteiger partial charge in [0, 0.05) is 0 Å². The minimum atomic E-state index is -1.17. The Kier molecular flexibility index (Phi) is 5.15. The van der Waals surface area contributed by atoms with Gasteiger partial charge in [0.2, 0.25) is 0 Å². The summed E-state index contributed by atoms with van der Waals surface area (Å²) in [4.78, 5) is 15.0. The Hall–Kier alpha value is -2.33. The highest BCUT2D eigenvalue weighted by atomic mass is 16.7. The molecule has 2 aromatic carbocycles. The average molecular weight is 271 g/mol. The number of hydrogen-bond acceptors (Lipinski definition) is 2. The molecular formula is C16H17NO3. The van der Waals surface area contributed by atoms with E-state index in [9.17, 15) is 4.79 Å². The van der Waals surface area contributed by atoms with Gasteiger partial charge in [0.1, 0.15) is 0 Å². The number of hydroxylamine groups is 1. The number of rotatable bonds is 6. The van der Waals surface area contributed by atoms with Crippen LogP contribution in [0.15, 0.2) is 54.6 Å². The number of benzene rings is 2. The lowest BCUT2D eigenvalue weighted by atomic mass is 9.97. The lowest BCUT2D eigenvalue weighted by Gasteiger charge is -2.09. The Bertz CT molecular complexity index is 555. The second-order valence-corrected chi connectivity index (χ2v) is 4.38. The molecule has 0 saturated carbocycles. The zero-order valence-electron chi connectivity index (χ0n) is 11.1. The molecule has 20 heavy (non-hydrogen) atoms. The lowest BCUT2D eigenvalue weighted by Crippen LogP contribution is -2.21. The minimum absolute atomic E-state index is 0.357. The number of carbonyl (C=O) groups is 1. The Labute approximate surface area is 118 Å². The van der Waals surface area contributed by atoms with Gasteiger partial charge in [-0.05, 0) is 29.5 Å². The van der Waals surface area contributed by atoms with Gasteiger partial charge in [-0.15, -0.1) is 0 Å². The van der Waals surface area contributed by atoms with Gasteiger partial charge in [0.25, 0.3) is 0 Å². The third-order valence-electron chi connectivity index (χ3n) is 2.95. The highest BCUT2D eigenvalue weighted by Crippen LogP contribution is 2.24. The van der Waals surface area contributed by atoms with Crippen molar-refractivity contribution in [3.8, 4) is 11.1 Å². The highest BCUT2D eigenvalue weighted by Gasteiger charge is 2.04. The Morgan fingerprint density at radius 3 is 2.50 bits per heavy atom. The average Bonchev–Trinajstić information content (AvgIpc) is 2.48. The van der Waals surface area contributed by atoms with Crippen LogP contribution in [-0.4, -0.2) is 17.8 Å². The number of amides is 1. The summed E-state index contributed by atoms with van der Waals surface area (Å²) in [6, 6.07) is 18.4. The maximum Gasteiger partial charge on any atom is 0.428 e. The molecule has 0 aliphatic carbocycles. The highest BCUT2D eigenvalue weighted by molar-refractivity contribution is 5.67. The Morgan fingerprint density at radius 1 is 1.05 bits per heavy atom. The summed E-state index contributed by atoms with van der Waals surface area (Å²) in [5, 5.41) is 8.39. The first-order valence-corrected chi connectivity index (χ1v) is 6.51. The first kappa shape index (κ1) is 14.1. The van der Waals surface area contributed by atoms with Crippen LogP contribution in [0.1, 0.15) is 12.0 Å². The van der Waals surface area contributed by atoms with E-state index in [0.717, 1.165) is 12.8 Å². The fraction of sp³-hybridized carbons (Fsp3) is 0.188. The van der Waals surface area contributed by atoms with Crippen LogP contribution < -0.4 is 5.48 Å². The van der Waals surface area contributed by atoms with Crippen molar-refractivity contribution in [3.63, 3.8) is 0 Å². The van der Waals surface area contributed by atoms with E-state index < -0.39 is 6.09 Å². The fourth-order valence-electron chi connectivity index (χ4n) is 2.09. The zero-order valence-corrected chi connectivity index (χ0v) is 11.1. The molecule has 104 valence electrons. The summed E-state index contributed by atoms with van der Waals surface area (Å²) in [6.07, 6.45) is 0.422. The second-order valence-electron chi connectivity index (χ2n) is 4.38. The fourth-order valence-corrected chi connectivity index (χ4v) is 2.09. The minimum Gasteiger partial charge on any atom is -0.464 e. The third kappa shape index (κ3) is 4.10. The van der Waals surface area contributed by atoms with Crippen LogP contribution >= 0.6 is 0 Å². The molecule has 0 saturated heterocycles. The van der Waals surface area contributed by atoms with Crippen molar-refractivity contribution in [2.24, 2.45) is 0 Å². The van der Waals surface area contributed by atoms with Crippen molar-refractivity contribution in [1.29, 1.82) is 0 Å². The van der Waals surface area contributed by atoms with Crippen molar-refractivity contribution in [2.75, 3.05) is 6.61 Å². The van der Waals surface area contributed by atoms with Crippen LogP contribution in [0.2, 0.25) is 0 Å². The van der Waals surface area contributed by atoms with Gasteiger partial charge in [-0.2, -0.15) is 5.48 Å². The molecule has 4 nitrogen and oxygen atoms in total. The summed E-state index contributed by atoms with van der Waals surface area (Å²) in [7, 11) is 0.